The van der Waals surface area contributed by atoms with Crippen molar-refractivity contribution in [2.45, 2.75) is 19.9 Å². The number of Topliss-reactive ketones (excluding diaryl/α,β-unsaturated/α-hetero) is 1. The maximum atomic E-state index is 11.7. The van der Waals surface area contributed by atoms with Crippen LogP contribution in [0.5, 0.6) is 5.75 Å². The van der Waals surface area contributed by atoms with Crippen molar-refractivity contribution >= 4 is 11.7 Å². The molecule has 0 radical (unpaired) electrons. The molecule has 0 fully saturated rings. The summed E-state index contributed by atoms with van der Waals surface area (Å²) in [6.45, 7) is 3.12. The summed E-state index contributed by atoms with van der Waals surface area (Å²) in [5.41, 5.74) is 9.68. The first-order chi connectivity index (χ1) is 11.6. The number of amides is 1. The fourth-order valence-electron chi connectivity index (χ4n) is 2.76. The third kappa shape index (κ3) is 3.16. The lowest BCUT2D eigenvalue weighted by atomic mass is 9.98. The number of fused-ring (bicyclic) bond motifs is 1. The molecule has 5 heteroatoms. The van der Waals surface area contributed by atoms with E-state index in [0.717, 1.165) is 23.1 Å². The predicted molar refractivity (Wildman–Crippen MR) is 92.2 cm³/mol. The molecule has 0 aliphatic carbocycles. The second-order valence-electron chi connectivity index (χ2n) is 5.81. The third-order valence-corrected chi connectivity index (χ3v) is 4.09. The summed E-state index contributed by atoms with van der Waals surface area (Å²) >= 11 is 0. The van der Waals surface area contributed by atoms with Gasteiger partial charge in [0.1, 0.15) is 5.75 Å². The second kappa shape index (κ2) is 6.84. The minimum atomic E-state index is -0.0390. The van der Waals surface area contributed by atoms with Crippen molar-refractivity contribution < 1.29 is 14.3 Å². The average molecular weight is 324 g/mol. The normalized spacial score (nSPS) is 12.7. The highest BCUT2D eigenvalue weighted by Crippen LogP contribution is 2.33. The van der Waals surface area contributed by atoms with Gasteiger partial charge in [-0.2, -0.15) is 0 Å². The van der Waals surface area contributed by atoms with Crippen LogP contribution in [0.3, 0.4) is 0 Å². The standard InChI is InChI=1S/C19H20N2O3/c1-12(22)13-3-5-16(18(10-13)24-8-2-7-20)14-4-6-17-15(9-14)11-21-19(17)23/h3-6,9-10H,2,7-8,11,20H2,1H3,(H,21,23). The zero-order chi connectivity index (χ0) is 17.1. The summed E-state index contributed by atoms with van der Waals surface area (Å²) in [6.07, 6.45) is 0.742. The van der Waals surface area contributed by atoms with Crippen LogP contribution >= 0.6 is 0 Å². The highest BCUT2D eigenvalue weighted by molar-refractivity contribution is 5.99. The Labute approximate surface area is 140 Å². The van der Waals surface area contributed by atoms with Crippen molar-refractivity contribution in [2.75, 3.05) is 13.2 Å². The molecular weight excluding hydrogens is 304 g/mol. The van der Waals surface area contributed by atoms with Gasteiger partial charge in [-0.3, -0.25) is 9.59 Å². The first-order valence-electron chi connectivity index (χ1n) is 7.99. The number of rotatable bonds is 6. The van der Waals surface area contributed by atoms with Crippen molar-refractivity contribution in [3.05, 3.63) is 53.1 Å². The summed E-state index contributed by atoms with van der Waals surface area (Å²) in [7, 11) is 0. The number of nitrogens with two attached hydrogens (primary N) is 1. The van der Waals surface area contributed by atoms with Gasteiger partial charge in [0.15, 0.2) is 5.78 Å². The van der Waals surface area contributed by atoms with E-state index in [2.05, 4.69) is 5.32 Å². The number of ketones is 1. The Hall–Kier alpha value is -2.66. The number of benzene rings is 2. The summed E-state index contributed by atoms with van der Waals surface area (Å²) < 4.78 is 5.85. The first-order valence-corrected chi connectivity index (χ1v) is 7.99. The zero-order valence-electron chi connectivity index (χ0n) is 13.6. The van der Waals surface area contributed by atoms with E-state index in [4.69, 9.17) is 10.5 Å². The van der Waals surface area contributed by atoms with Crippen LogP contribution in [0.15, 0.2) is 36.4 Å². The second-order valence-corrected chi connectivity index (χ2v) is 5.81. The molecule has 0 unspecified atom stereocenters. The van der Waals surface area contributed by atoms with Crippen molar-refractivity contribution in [2.24, 2.45) is 5.73 Å². The molecule has 1 aliphatic heterocycles. The van der Waals surface area contributed by atoms with E-state index in [-0.39, 0.29) is 11.7 Å². The highest BCUT2D eigenvalue weighted by Gasteiger charge is 2.20. The van der Waals surface area contributed by atoms with Gasteiger partial charge in [0.25, 0.3) is 5.91 Å². The van der Waals surface area contributed by atoms with E-state index in [1.807, 2.05) is 24.3 Å². The number of hydrogen-bond donors (Lipinski definition) is 2. The fraction of sp³-hybridized carbons (Fsp3) is 0.263. The van der Waals surface area contributed by atoms with Gasteiger partial charge in [-0.1, -0.05) is 12.1 Å². The van der Waals surface area contributed by atoms with E-state index < -0.39 is 0 Å². The lowest BCUT2D eigenvalue weighted by Crippen LogP contribution is -2.12. The van der Waals surface area contributed by atoms with Crippen LogP contribution in [0.4, 0.5) is 0 Å². The molecule has 0 bridgehead atoms. The minimum Gasteiger partial charge on any atom is -0.493 e. The summed E-state index contributed by atoms with van der Waals surface area (Å²) in [6, 6.07) is 11.2. The van der Waals surface area contributed by atoms with Gasteiger partial charge in [0.2, 0.25) is 0 Å². The molecule has 0 saturated heterocycles. The Morgan fingerprint density at radius 2 is 2.00 bits per heavy atom. The van der Waals surface area contributed by atoms with Gasteiger partial charge in [-0.25, -0.2) is 0 Å². The Bertz CT molecular complexity index is 799. The van der Waals surface area contributed by atoms with Gasteiger partial charge in [-0.05, 0) is 55.3 Å². The topological polar surface area (TPSA) is 81.4 Å². The van der Waals surface area contributed by atoms with Crippen LogP contribution in [0.2, 0.25) is 0 Å². The Morgan fingerprint density at radius 3 is 2.75 bits per heavy atom. The van der Waals surface area contributed by atoms with Crippen molar-refractivity contribution in [3.8, 4) is 16.9 Å². The van der Waals surface area contributed by atoms with E-state index in [1.165, 1.54) is 6.92 Å². The van der Waals surface area contributed by atoms with Crippen LogP contribution < -0.4 is 15.8 Å². The molecule has 1 amide bonds. The van der Waals surface area contributed by atoms with Crippen molar-refractivity contribution in [1.29, 1.82) is 0 Å². The lowest BCUT2D eigenvalue weighted by molar-refractivity contribution is 0.0964. The number of nitrogens with one attached hydrogen (secondary N) is 1. The lowest BCUT2D eigenvalue weighted by Gasteiger charge is -2.13. The van der Waals surface area contributed by atoms with E-state index in [0.29, 0.717) is 36.6 Å². The molecule has 0 aromatic heterocycles. The highest BCUT2D eigenvalue weighted by atomic mass is 16.5. The van der Waals surface area contributed by atoms with Crippen LogP contribution in [0.1, 0.15) is 39.6 Å². The van der Waals surface area contributed by atoms with Crippen LogP contribution in [-0.2, 0) is 6.54 Å². The van der Waals surface area contributed by atoms with Gasteiger partial charge in [0, 0.05) is 23.2 Å². The summed E-state index contributed by atoms with van der Waals surface area (Å²) in [4.78, 5) is 23.3. The zero-order valence-corrected chi connectivity index (χ0v) is 13.6. The number of carbonyl (C=O) groups excluding carboxylic acids is 2. The van der Waals surface area contributed by atoms with Gasteiger partial charge in [0.05, 0.1) is 6.61 Å². The molecule has 0 spiro atoms. The maximum Gasteiger partial charge on any atom is 0.251 e. The van der Waals surface area contributed by atoms with Gasteiger partial charge >= 0.3 is 0 Å². The summed E-state index contributed by atoms with van der Waals surface area (Å²) in [5.74, 6) is 0.616. The van der Waals surface area contributed by atoms with E-state index in [1.54, 1.807) is 12.1 Å². The largest absolute Gasteiger partial charge is 0.493 e. The molecule has 0 atom stereocenters. The van der Waals surface area contributed by atoms with Crippen molar-refractivity contribution in [3.63, 3.8) is 0 Å². The quantitative estimate of drug-likeness (QED) is 0.632. The molecular formula is C19H20N2O3. The van der Waals surface area contributed by atoms with Crippen LogP contribution in [-0.4, -0.2) is 24.8 Å². The Balaban J connectivity index is 1.99. The maximum absolute atomic E-state index is 11.7. The first kappa shape index (κ1) is 16.2. The SMILES string of the molecule is CC(=O)c1ccc(-c2ccc3c(c2)CNC3=O)c(OCCCN)c1. The molecule has 0 saturated carbocycles. The fourth-order valence-corrected chi connectivity index (χ4v) is 2.76. The smallest absolute Gasteiger partial charge is 0.251 e. The molecule has 124 valence electrons. The molecule has 2 aromatic rings. The number of ether oxygens (including phenoxy) is 1. The third-order valence-electron chi connectivity index (χ3n) is 4.09. The molecule has 3 N–H and O–H groups in total. The van der Waals surface area contributed by atoms with E-state index in [9.17, 15) is 9.59 Å². The van der Waals surface area contributed by atoms with Crippen molar-refractivity contribution in [1.82, 2.24) is 5.32 Å². The molecule has 3 rings (SSSR count). The number of hydrogen-bond acceptors (Lipinski definition) is 4. The van der Waals surface area contributed by atoms with Crippen LogP contribution in [0, 0.1) is 0 Å². The van der Waals surface area contributed by atoms with Crippen LogP contribution in [0.25, 0.3) is 11.1 Å². The Morgan fingerprint density at radius 1 is 1.21 bits per heavy atom. The Kier molecular flexibility index (Phi) is 4.62. The van der Waals surface area contributed by atoms with Gasteiger partial charge in [-0.15, -0.1) is 0 Å². The molecule has 1 heterocycles. The predicted octanol–water partition coefficient (Wildman–Crippen LogP) is 2.53. The molecule has 2 aromatic carbocycles. The molecule has 1 aliphatic rings. The number of carbonyl (C=O) groups is 2. The summed E-state index contributed by atoms with van der Waals surface area (Å²) in [5, 5.41) is 2.82. The molecule has 5 nitrogen and oxygen atoms in total. The van der Waals surface area contributed by atoms with Gasteiger partial charge < -0.3 is 15.8 Å². The monoisotopic (exact) mass is 324 g/mol. The minimum absolute atomic E-state index is 0.00558. The van der Waals surface area contributed by atoms with E-state index >= 15 is 0 Å². The molecule has 24 heavy (non-hydrogen) atoms. The average Bonchev–Trinajstić information content (AvgIpc) is 2.95.